The first-order chi connectivity index (χ1) is 11.1. The zero-order valence-corrected chi connectivity index (χ0v) is 14.4. The second-order valence-corrected chi connectivity index (χ2v) is 6.21. The van der Waals surface area contributed by atoms with Crippen LogP contribution in [0.4, 0.5) is 0 Å². The van der Waals surface area contributed by atoms with Gasteiger partial charge in [0.25, 0.3) is 5.89 Å². The fourth-order valence-corrected chi connectivity index (χ4v) is 2.83. The fourth-order valence-electron chi connectivity index (χ4n) is 2.83. The normalized spacial score (nSPS) is 15.6. The van der Waals surface area contributed by atoms with Gasteiger partial charge in [0.2, 0.25) is 0 Å². The molecule has 3 aromatic rings. The van der Waals surface area contributed by atoms with E-state index in [1.165, 1.54) is 0 Å². The number of aryl methyl sites for hydroxylation is 1. The van der Waals surface area contributed by atoms with E-state index in [2.05, 4.69) is 20.5 Å². The second-order valence-electron chi connectivity index (χ2n) is 6.21. The molecule has 1 saturated carbocycles. The highest BCUT2D eigenvalue weighted by atomic mass is 35.5. The summed E-state index contributed by atoms with van der Waals surface area (Å²) in [4.78, 5) is 4.44. The van der Waals surface area contributed by atoms with Crippen LogP contribution in [0, 0.1) is 13.8 Å². The lowest BCUT2D eigenvalue weighted by molar-refractivity contribution is 0.229. The smallest absolute Gasteiger partial charge is 0.280 e. The molecule has 2 aromatic heterocycles. The predicted octanol–water partition coefficient (Wildman–Crippen LogP) is 2.69. The third kappa shape index (κ3) is 2.59. The zero-order valence-electron chi connectivity index (χ0n) is 13.6. The van der Waals surface area contributed by atoms with Crippen LogP contribution in [-0.2, 0) is 5.54 Å². The van der Waals surface area contributed by atoms with Gasteiger partial charge in [0.05, 0.1) is 16.9 Å². The summed E-state index contributed by atoms with van der Waals surface area (Å²) in [6.07, 6.45) is 2.88. The lowest BCUT2D eigenvalue weighted by atomic mass is 9.77. The van der Waals surface area contributed by atoms with Crippen LogP contribution >= 0.6 is 12.4 Å². The van der Waals surface area contributed by atoms with Crippen molar-refractivity contribution in [2.75, 3.05) is 0 Å². The lowest BCUT2D eigenvalue weighted by Crippen LogP contribution is -2.44. The Kier molecular flexibility index (Phi) is 4.15. The summed E-state index contributed by atoms with van der Waals surface area (Å²) in [5, 5.41) is 12.5. The van der Waals surface area contributed by atoms with Crippen molar-refractivity contribution in [2.45, 2.75) is 38.6 Å². The minimum Gasteiger partial charge on any atom is -0.332 e. The molecule has 1 aromatic carbocycles. The van der Waals surface area contributed by atoms with Crippen molar-refractivity contribution in [1.29, 1.82) is 0 Å². The molecule has 0 saturated heterocycles. The molecule has 2 N–H and O–H groups in total. The summed E-state index contributed by atoms with van der Waals surface area (Å²) in [6, 6.07) is 8.07. The highest BCUT2D eigenvalue weighted by molar-refractivity contribution is 5.85. The van der Waals surface area contributed by atoms with Crippen LogP contribution in [0.25, 0.3) is 17.3 Å². The molecule has 0 amide bonds. The third-order valence-electron chi connectivity index (χ3n) is 4.46. The highest BCUT2D eigenvalue weighted by Gasteiger charge is 2.39. The van der Waals surface area contributed by atoms with Crippen molar-refractivity contribution in [3.8, 4) is 17.3 Å². The van der Waals surface area contributed by atoms with Crippen molar-refractivity contribution in [2.24, 2.45) is 5.73 Å². The number of aromatic nitrogens is 5. The van der Waals surface area contributed by atoms with E-state index in [1.807, 2.05) is 38.1 Å². The zero-order chi connectivity index (χ0) is 16.0. The summed E-state index contributed by atoms with van der Waals surface area (Å²) < 4.78 is 7.14. The van der Waals surface area contributed by atoms with Gasteiger partial charge in [0.1, 0.15) is 0 Å². The van der Waals surface area contributed by atoms with E-state index in [0.29, 0.717) is 17.4 Å². The van der Waals surface area contributed by atoms with E-state index in [9.17, 15) is 0 Å². The van der Waals surface area contributed by atoms with Gasteiger partial charge >= 0.3 is 0 Å². The van der Waals surface area contributed by atoms with Crippen molar-refractivity contribution >= 4 is 12.4 Å². The number of rotatable bonds is 3. The molecule has 8 heteroatoms. The Bertz CT molecular complexity index is 867. The Morgan fingerprint density at radius 3 is 2.71 bits per heavy atom. The highest BCUT2D eigenvalue weighted by Crippen LogP contribution is 2.37. The maximum Gasteiger partial charge on any atom is 0.280 e. The van der Waals surface area contributed by atoms with Crippen molar-refractivity contribution < 1.29 is 4.52 Å². The Balaban J connectivity index is 0.00000169. The van der Waals surface area contributed by atoms with Crippen LogP contribution in [0.15, 0.2) is 28.8 Å². The summed E-state index contributed by atoms with van der Waals surface area (Å²) >= 11 is 0. The van der Waals surface area contributed by atoms with Gasteiger partial charge in [-0.05, 0) is 50.8 Å². The Morgan fingerprint density at radius 2 is 2.04 bits per heavy atom. The van der Waals surface area contributed by atoms with Crippen LogP contribution in [0.3, 0.4) is 0 Å². The van der Waals surface area contributed by atoms with E-state index in [0.717, 1.165) is 36.2 Å². The molecule has 4 rings (SSSR count). The number of hydrogen-bond acceptors (Lipinski definition) is 6. The average molecular weight is 347 g/mol. The van der Waals surface area contributed by atoms with Crippen molar-refractivity contribution in [1.82, 2.24) is 25.1 Å². The molecular formula is C16H19ClN6O. The molecule has 1 aliphatic rings. The first kappa shape index (κ1) is 16.6. The van der Waals surface area contributed by atoms with Gasteiger partial charge in [0.15, 0.2) is 11.5 Å². The van der Waals surface area contributed by atoms with Gasteiger partial charge in [-0.15, -0.1) is 17.5 Å². The minimum absolute atomic E-state index is 0. The fraction of sp³-hybridized carbons (Fsp3) is 0.375. The van der Waals surface area contributed by atoms with Crippen LogP contribution in [0.5, 0.6) is 0 Å². The number of nitrogens with two attached hydrogens (primary N) is 1. The monoisotopic (exact) mass is 346 g/mol. The number of nitrogens with zero attached hydrogens (tertiary/aromatic N) is 5. The molecule has 0 radical (unpaired) electrons. The molecule has 0 aliphatic heterocycles. The van der Waals surface area contributed by atoms with Crippen LogP contribution < -0.4 is 5.73 Å². The SMILES string of the molecule is Cc1cccc(-n2nnc(-c3nc(C4(N)CCC4)no3)c2C)c1.Cl. The van der Waals surface area contributed by atoms with Gasteiger partial charge in [-0.3, -0.25) is 0 Å². The second kappa shape index (κ2) is 5.99. The van der Waals surface area contributed by atoms with Crippen LogP contribution in [0.2, 0.25) is 0 Å². The topological polar surface area (TPSA) is 95.7 Å². The van der Waals surface area contributed by atoms with Gasteiger partial charge in [0, 0.05) is 0 Å². The van der Waals surface area contributed by atoms with Gasteiger partial charge in [-0.1, -0.05) is 22.5 Å². The number of hydrogen-bond donors (Lipinski definition) is 1. The molecular weight excluding hydrogens is 328 g/mol. The Hall–Kier alpha value is -2.25. The van der Waals surface area contributed by atoms with Crippen LogP contribution in [-0.4, -0.2) is 25.1 Å². The molecule has 24 heavy (non-hydrogen) atoms. The first-order valence-electron chi connectivity index (χ1n) is 7.70. The van der Waals surface area contributed by atoms with E-state index in [1.54, 1.807) is 4.68 Å². The number of benzene rings is 1. The molecule has 126 valence electrons. The largest absolute Gasteiger partial charge is 0.332 e. The van der Waals surface area contributed by atoms with Crippen molar-refractivity contribution in [3.05, 3.63) is 41.3 Å². The van der Waals surface area contributed by atoms with Crippen molar-refractivity contribution in [3.63, 3.8) is 0 Å². The molecule has 1 aliphatic carbocycles. The molecule has 0 unspecified atom stereocenters. The molecule has 7 nitrogen and oxygen atoms in total. The summed E-state index contributed by atoms with van der Waals surface area (Å²) in [5.74, 6) is 0.927. The molecule has 0 atom stereocenters. The third-order valence-corrected chi connectivity index (χ3v) is 4.46. The average Bonchev–Trinajstić information content (AvgIpc) is 3.11. The Morgan fingerprint density at radius 1 is 1.25 bits per heavy atom. The molecule has 0 spiro atoms. The van der Waals surface area contributed by atoms with E-state index < -0.39 is 5.54 Å². The summed E-state index contributed by atoms with van der Waals surface area (Å²) in [7, 11) is 0. The molecule has 0 bridgehead atoms. The molecule has 2 heterocycles. The lowest BCUT2D eigenvalue weighted by Gasteiger charge is -2.34. The van der Waals surface area contributed by atoms with E-state index in [-0.39, 0.29) is 12.4 Å². The predicted molar refractivity (Wildman–Crippen MR) is 91.1 cm³/mol. The quantitative estimate of drug-likeness (QED) is 0.783. The standard InChI is InChI=1S/C16H18N6O.ClH/c1-10-5-3-6-12(9-10)22-11(2)13(19-21-22)14-18-15(20-23-14)16(17)7-4-8-16;/h3,5-6,9H,4,7-8,17H2,1-2H3;1H. The van der Waals surface area contributed by atoms with E-state index in [4.69, 9.17) is 10.3 Å². The maximum atomic E-state index is 6.24. The van der Waals surface area contributed by atoms with Gasteiger partial charge in [-0.25, -0.2) is 4.68 Å². The maximum absolute atomic E-state index is 6.24. The summed E-state index contributed by atoms with van der Waals surface area (Å²) in [5.41, 5.74) is 9.36. The van der Waals surface area contributed by atoms with Crippen LogP contribution in [0.1, 0.15) is 36.3 Å². The molecule has 1 fully saturated rings. The minimum atomic E-state index is -0.442. The van der Waals surface area contributed by atoms with E-state index >= 15 is 0 Å². The summed E-state index contributed by atoms with van der Waals surface area (Å²) in [6.45, 7) is 3.98. The van der Waals surface area contributed by atoms with Gasteiger partial charge < -0.3 is 10.3 Å². The Labute approximate surface area is 145 Å². The van der Waals surface area contributed by atoms with Gasteiger partial charge in [-0.2, -0.15) is 4.98 Å². The number of halogens is 1. The first-order valence-corrected chi connectivity index (χ1v) is 7.70.